The Hall–Kier alpha value is -2.43. The molecular formula is C19H19N3O4S3. The van der Waals surface area contributed by atoms with Crippen molar-refractivity contribution in [3.63, 3.8) is 0 Å². The third-order valence-electron chi connectivity index (χ3n) is 4.04. The second kappa shape index (κ2) is 9.86. The lowest BCUT2D eigenvalue weighted by Gasteiger charge is -2.13. The number of ether oxygens (including phenoxy) is 2. The number of amides is 2. The Morgan fingerprint density at radius 3 is 2.79 bits per heavy atom. The molecule has 0 radical (unpaired) electrons. The molecule has 29 heavy (non-hydrogen) atoms. The minimum Gasteiger partial charge on any atom is -0.493 e. The SMILES string of the molecule is COc1ccc(/C=C2\SC(=S)N(CCCC(=O)Nc3nccs3)C2=O)cc1OC. The van der Waals surface area contributed by atoms with Gasteiger partial charge in [0.15, 0.2) is 16.6 Å². The van der Waals surface area contributed by atoms with E-state index in [0.717, 1.165) is 5.56 Å². The van der Waals surface area contributed by atoms with Crippen LogP contribution in [0.15, 0.2) is 34.7 Å². The number of hydrogen-bond acceptors (Lipinski definition) is 8. The number of methoxy groups -OCH3 is 2. The van der Waals surface area contributed by atoms with Gasteiger partial charge in [-0.3, -0.25) is 14.5 Å². The zero-order valence-corrected chi connectivity index (χ0v) is 18.3. The van der Waals surface area contributed by atoms with Crippen molar-refractivity contribution in [3.8, 4) is 11.5 Å². The number of thiocarbonyl (C=S) groups is 1. The summed E-state index contributed by atoms with van der Waals surface area (Å²) in [6.07, 6.45) is 4.19. The molecule has 7 nitrogen and oxygen atoms in total. The predicted octanol–water partition coefficient (Wildman–Crippen LogP) is 3.78. The summed E-state index contributed by atoms with van der Waals surface area (Å²) in [6.45, 7) is 0.388. The van der Waals surface area contributed by atoms with Crippen molar-refractivity contribution in [2.24, 2.45) is 0 Å². The molecule has 1 fully saturated rings. The van der Waals surface area contributed by atoms with Gasteiger partial charge in [0.25, 0.3) is 5.91 Å². The molecule has 0 atom stereocenters. The molecule has 0 bridgehead atoms. The highest BCUT2D eigenvalue weighted by Crippen LogP contribution is 2.34. The van der Waals surface area contributed by atoms with E-state index < -0.39 is 0 Å². The standard InChI is InChI=1S/C19H19N3O4S3/c1-25-13-6-5-12(10-14(13)26-2)11-15-17(24)22(19(27)29-15)8-3-4-16(23)21-18-20-7-9-28-18/h5-7,9-11H,3-4,8H2,1-2H3,(H,20,21,23)/b15-11-. The van der Waals surface area contributed by atoms with Crippen LogP contribution in [-0.2, 0) is 9.59 Å². The van der Waals surface area contributed by atoms with Crippen molar-refractivity contribution in [1.82, 2.24) is 9.88 Å². The summed E-state index contributed by atoms with van der Waals surface area (Å²) >= 11 is 7.96. The Balaban J connectivity index is 1.59. The molecule has 2 heterocycles. The van der Waals surface area contributed by atoms with Crippen molar-refractivity contribution in [1.29, 1.82) is 0 Å². The Morgan fingerprint density at radius 2 is 2.10 bits per heavy atom. The normalized spacial score (nSPS) is 15.1. The van der Waals surface area contributed by atoms with Gasteiger partial charge in [-0.2, -0.15) is 0 Å². The van der Waals surface area contributed by atoms with Crippen molar-refractivity contribution < 1.29 is 19.1 Å². The molecule has 1 saturated heterocycles. The summed E-state index contributed by atoms with van der Waals surface area (Å²) in [5.74, 6) is 0.914. The second-order valence-corrected chi connectivity index (χ2v) is 8.51. The molecule has 0 aliphatic carbocycles. The first-order valence-electron chi connectivity index (χ1n) is 8.68. The van der Waals surface area contributed by atoms with E-state index in [9.17, 15) is 9.59 Å². The summed E-state index contributed by atoms with van der Waals surface area (Å²) < 4.78 is 11.0. The summed E-state index contributed by atoms with van der Waals surface area (Å²) in [5.41, 5.74) is 0.811. The third-order valence-corrected chi connectivity index (χ3v) is 6.11. The van der Waals surface area contributed by atoms with Crippen LogP contribution in [0.4, 0.5) is 5.13 Å². The van der Waals surface area contributed by atoms with Gasteiger partial charge in [-0.05, 0) is 30.2 Å². The lowest BCUT2D eigenvalue weighted by Crippen LogP contribution is -2.29. The predicted molar refractivity (Wildman–Crippen MR) is 119 cm³/mol. The molecule has 3 rings (SSSR count). The van der Waals surface area contributed by atoms with Crippen LogP contribution in [0.1, 0.15) is 18.4 Å². The second-order valence-electron chi connectivity index (χ2n) is 5.94. The Kier molecular flexibility index (Phi) is 7.24. The molecule has 0 saturated carbocycles. The largest absolute Gasteiger partial charge is 0.493 e. The van der Waals surface area contributed by atoms with E-state index >= 15 is 0 Å². The van der Waals surface area contributed by atoms with Crippen molar-refractivity contribution in [2.45, 2.75) is 12.8 Å². The van der Waals surface area contributed by atoms with Crippen molar-refractivity contribution in [3.05, 3.63) is 40.2 Å². The molecule has 1 aliphatic rings. The molecule has 152 valence electrons. The van der Waals surface area contributed by atoms with Crippen molar-refractivity contribution >= 4 is 62.7 Å². The Labute approximate surface area is 182 Å². The lowest BCUT2D eigenvalue weighted by molar-refractivity contribution is -0.122. The van der Waals surface area contributed by atoms with Crippen LogP contribution >= 0.6 is 35.3 Å². The number of rotatable bonds is 8. The van der Waals surface area contributed by atoms with Gasteiger partial charge in [-0.1, -0.05) is 30.0 Å². The minimum absolute atomic E-state index is 0.133. The number of carbonyl (C=O) groups excluding carboxylic acids is 2. The van der Waals surface area contributed by atoms with Crippen LogP contribution in [0.2, 0.25) is 0 Å². The average molecular weight is 450 g/mol. The van der Waals surface area contributed by atoms with Crippen molar-refractivity contribution in [2.75, 3.05) is 26.1 Å². The number of anilines is 1. The zero-order valence-electron chi connectivity index (χ0n) is 15.8. The van der Waals surface area contributed by atoms with Crippen LogP contribution in [0.5, 0.6) is 11.5 Å². The minimum atomic E-state index is -0.157. The van der Waals surface area contributed by atoms with E-state index in [4.69, 9.17) is 21.7 Å². The van der Waals surface area contributed by atoms with Crippen LogP contribution in [0, 0.1) is 0 Å². The number of hydrogen-bond donors (Lipinski definition) is 1. The average Bonchev–Trinajstić information content (AvgIpc) is 3.31. The molecule has 0 unspecified atom stereocenters. The highest BCUT2D eigenvalue weighted by Gasteiger charge is 2.31. The third kappa shape index (κ3) is 5.34. The van der Waals surface area contributed by atoms with E-state index in [-0.39, 0.29) is 18.2 Å². The molecule has 1 N–H and O–H groups in total. The maximum Gasteiger partial charge on any atom is 0.266 e. The summed E-state index contributed by atoms with van der Waals surface area (Å²) in [5, 5.41) is 5.08. The number of nitrogens with zero attached hydrogens (tertiary/aromatic N) is 2. The highest BCUT2D eigenvalue weighted by molar-refractivity contribution is 8.26. The van der Waals surface area contributed by atoms with Gasteiger partial charge < -0.3 is 14.8 Å². The fraction of sp³-hybridized carbons (Fsp3) is 0.263. The molecule has 1 aromatic heterocycles. The molecule has 2 amide bonds. The van der Waals surface area contributed by atoms with Gasteiger partial charge in [-0.25, -0.2) is 4.98 Å². The molecule has 1 aliphatic heterocycles. The number of thiazole rings is 1. The van der Waals surface area contributed by atoms with Gasteiger partial charge in [-0.15, -0.1) is 11.3 Å². The monoisotopic (exact) mass is 449 g/mol. The van der Waals surface area contributed by atoms with E-state index in [2.05, 4.69) is 10.3 Å². The van der Waals surface area contributed by atoms with Gasteiger partial charge in [0.2, 0.25) is 5.91 Å². The topological polar surface area (TPSA) is 80.8 Å². The van der Waals surface area contributed by atoms with Gasteiger partial charge >= 0.3 is 0 Å². The first-order chi connectivity index (χ1) is 14.0. The first kappa shape index (κ1) is 21.3. The number of thioether (sulfide) groups is 1. The van der Waals surface area contributed by atoms with Gasteiger partial charge in [0, 0.05) is 24.5 Å². The fourth-order valence-electron chi connectivity index (χ4n) is 2.65. The first-order valence-corrected chi connectivity index (χ1v) is 10.8. The Bertz CT molecular complexity index is 944. The molecule has 0 spiro atoms. The van der Waals surface area contributed by atoms with E-state index in [1.54, 1.807) is 44.0 Å². The molecule has 1 aromatic carbocycles. The fourth-order valence-corrected chi connectivity index (χ4v) is 4.51. The quantitative estimate of drug-likeness (QED) is 0.485. The highest BCUT2D eigenvalue weighted by atomic mass is 32.2. The van der Waals surface area contributed by atoms with Crippen LogP contribution in [-0.4, -0.2) is 46.8 Å². The number of benzene rings is 1. The molecular weight excluding hydrogens is 430 g/mol. The van der Waals surface area contributed by atoms with Crippen LogP contribution in [0.3, 0.4) is 0 Å². The van der Waals surface area contributed by atoms with E-state index in [0.29, 0.717) is 38.8 Å². The summed E-state index contributed by atoms with van der Waals surface area (Å²) in [7, 11) is 3.13. The maximum absolute atomic E-state index is 12.7. The number of nitrogens with one attached hydrogen (secondary N) is 1. The van der Waals surface area contributed by atoms with Gasteiger partial charge in [0.05, 0.1) is 19.1 Å². The van der Waals surface area contributed by atoms with Gasteiger partial charge in [0.1, 0.15) is 4.32 Å². The van der Waals surface area contributed by atoms with Crippen LogP contribution in [0.25, 0.3) is 6.08 Å². The van der Waals surface area contributed by atoms with Crippen LogP contribution < -0.4 is 14.8 Å². The number of carbonyl (C=O) groups is 2. The maximum atomic E-state index is 12.7. The van der Waals surface area contributed by atoms with E-state index in [1.165, 1.54) is 28.0 Å². The van der Waals surface area contributed by atoms with E-state index in [1.807, 2.05) is 6.07 Å². The summed E-state index contributed by atoms with van der Waals surface area (Å²) in [6, 6.07) is 5.43. The summed E-state index contributed by atoms with van der Waals surface area (Å²) in [4.78, 5) is 30.7. The molecule has 2 aromatic rings. The smallest absolute Gasteiger partial charge is 0.266 e. The lowest BCUT2D eigenvalue weighted by atomic mass is 10.2. The number of aromatic nitrogens is 1. The Morgan fingerprint density at radius 1 is 1.31 bits per heavy atom. The zero-order chi connectivity index (χ0) is 20.8. The molecule has 10 heteroatoms.